The zero-order valence-corrected chi connectivity index (χ0v) is 13.6. The Morgan fingerprint density at radius 3 is 2.09 bits per heavy atom. The fourth-order valence-corrected chi connectivity index (χ4v) is 2.70. The highest BCUT2D eigenvalue weighted by Crippen LogP contribution is 2.08. The summed E-state index contributed by atoms with van der Waals surface area (Å²) in [6.07, 6.45) is 4.51. The molecule has 0 aliphatic heterocycles. The number of hydrogen-bond acceptors (Lipinski definition) is 3. The Labute approximate surface area is 132 Å². The lowest BCUT2D eigenvalue weighted by Gasteiger charge is -2.19. The fourth-order valence-electron chi connectivity index (χ4n) is 1.90. The van der Waals surface area contributed by atoms with Crippen molar-refractivity contribution in [2.24, 2.45) is 0 Å². The predicted octanol–water partition coefficient (Wildman–Crippen LogP) is 2.11. The van der Waals surface area contributed by atoms with Crippen LogP contribution < -0.4 is 5.32 Å². The quantitative estimate of drug-likeness (QED) is 0.746. The van der Waals surface area contributed by atoms with E-state index < -0.39 is 9.84 Å². The minimum Gasteiger partial charge on any atom is -0.334 e. The predicted molar refractivity (Wildman–Crippen MR) is 89.2 cm³/mol. The number of sulfone groups is 1. The van der Waals surface area contributed by atoms with E-state index in [1.54, 1.807) is 29.2 Å². The first kappa shape index (κ1) is 18.0. The number of hydrogen-bond donors (Lipinski definition) is 1. The fraction of sp³-hybridized carbons (Fsp3) is 0.312. The SMILES string of the molecule is C=CCN(CC=C)C(=O)NCc1ccc(CS(C)(=O)=O)cc1. The van der Waals surface area contributed by atoms with Gasteiger partial charge in [0, 0.05) is 25.9 Å². The van der Waals surface area contributed by atoms with Gasteiger partial charge in [0.1, 0.15) is 0 Å². The van der Waals surface area contributed by atoms with Crippen LogP contribution in [0.1, 0.15) is 11.1 Å². The van der Waals surface area contributed by atoms with Crippen LogP contribution in [0.3, 0.4) is 0 Å². The van der Waals surface area contributed by atoms with Crippen molar-refractivity contribution in [1.29, 1.82) is 0 Å². The van der Waals surface area contributed by atoms with E-state index in [1.807, 2.05) is 12.1 Å². The third kappa shape index (κ3) is 6.58. The molecule has 0 saturated heterocycles. The number of amides is 2. The molecule has 120 valence electrons. The van der Waals surface area contributed by atoms with E-state index in [1.165, 1.54) is 6.26 Å². The van der Waals surface area contributed by atoms with E-state index in [2.05, 4.69) is 18.5 Å². The van der Waals surface area contributed by atoms with Crippen LogP contribution in [0.15, 0.2) is 49.6 Å². The lowest BCUT2D eigenvalue weighted by Crippen LogP contribution is -2.39. The van der Waals surface area contributed by atoms with E-state index in [0.717, 1.165) is 11.1 Å². The summed E-state index contributed by atoms with van der Waals surface area (Å²) in [5.41, 5.74) is 1.64. The molecule has 0 aliphatic rings. The van der Waals surface area contributed by atoms with Crippen molar-refractivity contribution in [2.45, 2.75) is 12.3 Å². The van der Waals surface area contributed by atoms with Crippen molar-refractivity contribution in [3.05, 3.63) is 60.7 Å². The first-order valence-corrected chi connectivity index (χ1v) is 8.92. The maximum atomic E-state index is 12.0. The Kier molecular flexibility index (Phi) is 6.85. The van der Waals surface area contributed by atoms with E-state index >= 15 is 0 Å². The molecular weight excluding hydrogens is 300 g/mol. The third-order valence-corrected chi connectivity index (χ3v) is 3.74. The largest absolute Gasteiger partial charge is 0.334 e. The Hall–Kier alpha value is -2.08. The van der Waals surface area contributed by atoms with Gasteiger partial charge in [-0.15, -0.1) is 13.2 Å². The topological polar surface area (TPSA) is 66.5 Å². The monoisotopic (exact) mass is 322 g/mol. The number of urea groups is 1. The van der Waals surface area contributed by atoms with Crippen molar-refractivity contribution >= 4 is 15.9 Å². The van der Waals surface area contributed by atoms with Gasteiger partial charge in [-0.3, -0.25) is 0 Å². The van der Waals surface area contributed by atoms with Crippen LogP contribution >= 0.6 is 0 Å². The van der Waals surface area contributed by atoms with E-state index in [-0.39, 0.29) is 11.8 Å². The molecule has 22 heavy (non-hydrogen) atoms. The molecule has 0 radical (unpaired) electrons. The molecule has 5 nitrogen and oxygen atoms in total. The molecule has 1 aromatic carbocycles. The van der Waals surface area contributed by atoms with E-state index in [9.17, 15) is 13.2 Å². The summed E-state index contributed by atoms with van der Waals surface area (Å²) in [6.45, 7) is 8.51. The summed E-state index contributed by atoms with van der Waals surface area (Å²) in [7, 11) is -3.03. The number of benzene rings is 1. The molecule has 0 unspecified atom stereocenters. The molecule has 1 N–H and O–H groups in total. The summed E-state index contributed by atoms with van der Waals surface area (Å²) in [5, 5.41) is 2.81. The van der Waals surface area contributed by atoms with Crippen molar-refractivity contribution in [3.63, 3.8) is 0 Å². The molecule has 0 spiro atoms. The van der Waals surface area contributed by atoms with Gasteiger partial charge in [-0.25, -0.2) is 13.2 Å². The second-order valence-corrected chi connectivity index (χ2v) is 7.17. The van der Waals surface area contributed by atoms with Gasteiger partial charge >= 0.3 is 6.03 Å². The van der Waals surface area contributed by atoms with Gasteiger partial charge in [-0.05, 0) is 11.1 Å². The molecule has 0 saturated carbocycles. The van der Waals surface area contributed by atoms with Crippen LogP contribution in [0.4, 0.5) is 4.79 Å². The molecule has 2 amide bonds. The Balaban J connectivity index is 2.58. The Bertz CT molecular complexity index is 611. The van der Waals surface area contributed by atoms with Crippen molar-refractivity contribution < 1.29 is 13.2 Å². The van der Waals surface area contributed by atoms with Crippen LogP contribution in [0.5, 0.6) is 0 Å². The zero-order chi connectivity index (χ0) is 16.6. The van der Waals surface area contributed by atoms with Gasteiger partial charge < -0.3 is 10.2 Å². The first-order valence-electron chi connectivity index (χ1n) is 6.86. The van der Waals surface area contributed by atoms with Crippen molar-refractivity contribution in [2.75, 3.05) is 19.3 Å². The molecule has 1 aromatic rings. The maximum Gasteiger partial charge on any atom is 0.318 e. The molecule has 0 bridgehead atoms. The number of nitrogens with zero attached hydrogens (tertiary/aromatic N) is 1. The Morgan fingerprint density at radius 2 is 1.64 bits per heavy atom. The number of carbonyl (C=O) groups is 1. The summed E-state index contributed by atoms with van der Waals surface area (Å²) in [5.74, 6) is 0.0199. The van der Waals surface area contributed by atoms with Crippen LogP contribution in [-0.2, 0) is 22.1 Å². The van der Waals surface area contributed by atoms with Crippen LogP contribution in [0.25, 0.3) is 0 Å². The first-order chi connectivity index (χ1) is 10.4. The van der Waals surface area contributed by atoms with Crippen LogP contribution in [0.2, 0.25) is 0 Å². The standard InChI is InChI=1S/C16H22N2O3S/c1-4-10-18(11-5-2)16(19)17-12-14-6-8-15(9-7-14)13-22(3,20)21/h4-9H,1-2,10-13H2,3H3,(H,17,19). The zero-order valence-electron chi connectivity index (χ0n) is 12.8. The second kappa shape index (κ2) is 8.38. The number of nitrogens with one attached hydrogen (secondary N) is 1. The summed E-state index contributed by atoms with van der Waals surface area (Å²) in [4.78, 5) is 13.6. The third-order valence-electron chi connectivity index (χ3n) is 2.88. The molecule has 0 fully saturated rings. The van der Waals surface area contributed by atoms with Gasteiger partial charge in [0.25, 0.3) is 0 Å². The van der Waals surface area contributed by atoms with Gasteiger partial charge in [0.2, 0.25) is 0 Å². The van der Waals surface area contributed by atoms with E-state index in [4.69, 9.17) is 0 Å². The summed E-state index contributed by atoms with van der Waals surface area (Å²) >= 11 is 0. The van der Waals surface area contributed by atoms with Gasteiger partial charge in [0.05, 0.1) is 5.75 Å². The van der Waals surface area contributed by atoms with Gasteiger partial charge in [-0.1, -0.05) is 36.4 Å². The Morgan fingerprint density at radius 1 is 1.14 bits per heavy atom. The number of rotatable bonds is 8. The highest BCUT2D eigenvalue weighted by atomic mass is 32.2. The van der Waals surface area contributed by atoms with Crippen LogP contribution in [0, 0.1) is 0 Å². The highest BCUT2D eigenvalue weighted by molar-refractivity contribution is 7.89. The summed E-state index contributed by atoms with van der Waals surface area (Å²) in [6, 6.07) is 6.94. The average molecular weight is 322 g/mol. The smallest absolute Gasteiger partial charge is 0.318 e. The van der Waals surface area contributed by atoms with Crippen molar-refractivity contribution in [1.82, 2.24) is 10.2 Å². The number of carbonyl (C=O) groups excluding carboxylic acids is 1. The molecule has 1 rings (SSSR count). The van der Waals surface area contributed by atoms with Gasteiger partial charge in [0.15, 0.2) is 9.84 Å². The molecule has 0 aromatic heterocycles. The highest BCUT2D eigenvalue weighted by Gasteiger charge is 2.10. The van der Waals surface area contributed by atoms with Crippen LogP contribution in [-0.4, -0.2) is 38.7 Å². The molecule has 0 aliphatic carbocycles. The molecule has 0 heterocycles. The summed E-state index contributed by atoms with van der Waals surface area (Å²) < 4.78 is 22.4. The second-order valence-electron chi connectivity index (χ2n) is 5.03. The van der Waals surface area contributed by atoms with E-state index in [0.29, 0.717) is 19.6 Å². The lowest BCUT2D eigenvalue weighted by atomic mass is 10.1. The molecular formula is C16H22N2O3S. The normalized spacial score (nSPS) is 10.8. The minimum atomic E-state index is -3.03. The molecule has 6 heteroatoms. The maximum absolute atomic E-state index is 12.0. The lowest BCUT2D eigenvalue weighted by molar-refractivity contribution is 0.208. The van der Waals surface area contributed by atoms with Crippen molar-refractivity contribution in [3.8, 4) is 0 Å². The minimum absolute atomic E-state index is 0.0199. The molecule has 0 atom stereocenters. The van der Waals surface area contributed by atoms with Gasteiger partial charge in [-0.2, -0.15) is 0 Å². The average Bonchev–Trinajstić information content (AvgIpc) is 2.44.